The van der Waals surface area contributed by atoms with E-state index in [1.165, 1.54) is 6.26 Å². The first-order chi connectivity index (χ1) is 10.5. The Hall–Kier alpha value is -1.81. The summed E-state index contributed by atoms with van der Waals surface area (Å²) in [6.07, 6.45) is 4.36. The second kappa shape index (κ2) is 5.76. The second-order valence-corrected chi connectivity index (χ2v) is 6.40. The SMILES string of the molecule is C[C@@H](c1ccon1)N(C)C(=O)C1(c2ccc(Cl)cc2)CCC1. The van der Waals surface area contributed by atoms with Crippen molar-refractivity contribution in [2.24, 2.45) is 0 Å². The number of hydrogen-bond acceptors (Lipinski definition) is 3. The molecule has 22 heavy (non-hydrogen) atoms. The molecular weight excluding hydrogens is 300 g/mol. The van der Waals surface area contributed by atoms with Crippen LogP contribution in [0.4, 0.5) is 0 Å². The number of halogens is 1. The summed E-state index contributed by atoms with van der Waals surface area (Å²) in [5.74, 6) is 0.136. The third kappa shape index (κ3) is 2.41. The highest BCUT2D eigenvalue weighted by Gasteiger charge is 2.47. The molecule has 1 aromatic heterocycles. The molecule has 4 nitrogen and oxygen atoms in total. The fraction of sp³-hybridized carbons (Fsp3) is 0.412. The maximum absolute atomic E-state index is 13.1. The average Bonchev–Trinajstić information content (AvgIpc) is 3.00. The number of benzene rings is 1. The van der Waals surface area contributed by atoms with Gasteiger partial charge in [-0.2, -0.15) is 0 Å². The van der Waals surface area contributed by atoms with Gasteiger partial charge in [-0.05, 0) is 37.5 Å². The van der Waals surface area contributed by atoms with Gasteiger partial charge >= 0.3 is 0 Å². The Bertz CT molecular complexity index is 648. The second-order valence-electron chi connectivity index (χ2n) is 5.96. The van der Waals surface area contributed by atoms with E-state index >= 15 is 0 Å². The van der Waals surface area contributed by atoms with Crippen LogP contribution < -0.4 is 0 Å². The van der Waals surface area contributed by atoms with Crippen molar-refractivity contribution in [1.82, 2.24) is 10.1 Å². The first-order valence-electron chi connectivity index (χ1n) is 7.48. The minimum atomic E-state index is -0.419. The Labute approximate surface area is 135 Å². The summed E-state index contributed by atoms with van der Waals surface area (Å²) in [4.78, 5) is 14.9. The summed E-state index contributed by atoms with van der Waals surface area (Å²) in [6.45, 7) is 1.96. The number of carbonyl (C=O) groups is 1. The molecule has 0 radical (unpaired) electrons. The predicted octanol–water partition coefficient (Wildman–Crippen LogP) is 3.97. The van der Waals surface area contributed by atoms with Gasteiger partial charge in [0, 0.05) is 18.1 Å². The molecule has 116 valence electrons. The minimum Gasteiger partial charge on any atom is -0.364 e. The van der Waals surface area contributed by atoms with Gasteiger partial charge in [0.15, 0.2) is 0 Å². The average molecular weight is 319 g/mol. The summed E-state index contributed by atoms with van der Waals surface area (Å²) in [7, 11) is 1.83. The van der Waals surface area contributed by atoms with Gasteiger partial charge in [-0.15, -0.1) is 0 Å². The van der Waals surface area contributed by atoms with Gasteiger partial charge in [-0.1, -0.05) is 35.3 Å². The quantitative estimate of drug-likeness (QED) is 0.857. The van der Waals surface area contributed by atoms with E-state index in [1.54, 1.807) is 11.0 Å². The highest BCUT2D eigenvalue weighted by molar-refractivity contribution is 6.30. The summed E-state index contributed by atoms with van der Waals surface area (Å²) >= 11 is 5.97. The molecule has 1 saturated carbocycles. The van der Waals surface area contributed by atoms with E-state index in [9.17, 15) is 4.79 Å². The number of amides is 1. The van der Waals surface area contributed by atoms with Crippen LogP contribution in [0.15, 0.2) is 41.1 Å². The zero-order valence-electron chi connectivity index (χ0n) is 12.8. The molecule has 0 saturated heterocycles. The maximum atomic E-state index is 13.1. The molecule has 1 atom stereocenters. The molecule has 1 aliphatic rings. The van der Waals surface area contributed by atoms with Crippen LogP contribution in [0.3, 0.4) is 0 Å². The number of rotatable bonds is 4. The van der Waals surface area contributed by atoms with Gasteiger partial charge in [0.2, 0.25) is 5.91 Å². The molecule has 3 rings (SSSR count). The largest absolute Gasteiger partial charge is 0.364 e. The normalized spacial score (nSPS) is 17.6. The fourth-order valence-electron chi connectivity index (χ4n) is 3.07. The Morgan fingerprint density at radius 1 is 1.32 bits per heavy atom. The number of hydrogen-bond donors (Lipinski definition) is 0. The van der Waals surface area contributed by atoms with E-state index < -0.39 is 5.41 Å². The molecule has 2 aromatic rings. The molecule has 1 heterocycles. The van der Waals surface area contributed by atoms with Gasteiger partial charge in [-0.25, -0.2) is 0 Å². The van der Waals surface area contributed by atoms with Crippen molar-refractivity contribution < 1.29 is 9.32 Å². The first kappa shape index (κ1) is 15.1. The molecule has 1 aliphatic carbocycles. The molecule has 1 fully saturated rings. The van der Waals surface area contributed by atoms with Crippen LogP contribution in [0.1, 0.15) is 43.5 Å². The summed E-state index contributed by atoms with van der Waals surface area (Å²) in [5, 5.41) is 4.63. The Balaban J connectivity index is 1.87. The lowest BCUT2D eigenvalue weighted by atomic mass is 9.63. The van der Waals surface area contributed by atoms with E-state index in [4.69, 9.17) is 16.1 Å². The van der Waals surface area contributed by atoms with Crippen LogP contribution in [0.5, 0.6) is 0 Å². The topological polar surface area (TPSA) is 46.3 Å². The van der Waals surface area contributed by atoms with Crippen LogP contribution >= 0.6 is 11.6 Å². The predicted molar refractivity (Wildman–Crippen MR) is 84.7 cm³/mol. The van der Waals surface area contributed by atoms with Crippen LogP contribution in [0, 0.1) is 0 Å². The lowest BCUT2D eigenvalue weighted by Gasteiger charge is -2.44. The van der Waals surface area contributed by atoms with Gasteiger partial charge in [0.1, 0.15) is 12.0 Å². The van der Waals surface area contributed by atoms with Crippen LogP contribution in [0.2, 0.25) is 5.02 Å². The lowest BCUT2D eigenvalue weighted by molar-refractivity contribution is -0.141. The molecule has 0 bridgehead atoms. The monoisotopic (exact) mass is 318 g/mol. The fourth-order valence-corrected chi connectivity index (χ4v) is 3.20. The number of aromatic nitrogens is 1. The maximum Gasteiger partial charge on any atom is 0.233 e. The van der Waals surface area contributed by atoms with Crippen molar-refractivity contribution in [2.75, 3.05) is 7.05 Å². The number of likely N-dealkylation sites (N-methyl/N-ethyl adjacent to an activating group) is 1. The lowest BCUT2D eigenvalue weighted by Crippen LogP contribution is -2.50. The van der Waals surface area contributed by atoms with E-state index in [0.717, 1.165) is 30.5 Å². The van der Waals surface area contributed by atoms with E-state index in [2.05, 4.69) is 5.16 Å². The van der Waals surface area contributed by atoms with Crippen molar-refractivity contribution in [3.05, 3.63) is 52.9 Å². The highest BCUT2D eigenvalue weighted by Crippen LogP contribution is 2.46. The van der Waals surface area contributed by atoms with Gasteiger partial charge < -0.3 is 9.42 Å². The van der Waals surface area contributed by atoms with Crippen molar-refractivity contribution in [1.29, 1.82) is 0 Å². The summed E-state index contributed by atoms with van der Waals surface area (Å²) < 4.78 is 4.89. The number of nitrogens with zero attached hydrogens (tertiary/aromatic N) is 2. The molecule has 0 N–H and O–H groups in total. The van der Waals surface area contributed by atoms with Crippen LogP contribution in [-0.2, 0) is 10.2 Å². The van der Waals surface area contributed by atoms with Crippen LogP contribution in [0.25, 0.3) is 0 Å². The number of carbonyl (C=O) groups excluding carboxylic acids is 1. The van der Waals surface area contributed by atoms with Crippen molar-refractivity contribution in [2.45, 2.75) is 37.6 Å². The zero-order chi connectivity index (χ0) is 15.7. The smallest absolute Gasteiger partial charge is 0.233 e. The van der Waals surface area contributed by atoms with Crippen molar-refractivity contribution in [3.63, 3.8) is 0 Å². The molecular formula is C17H19ClN2O2. The Kier molecular flexibility index (Phi) is 3.96. The first-order valence-corrected chi connectivity index (χ1v) is 7.86. The van der Waals surface area contributed by atoms with Gasteiger partial charge in [0.05, 0.1) is 11.5 Å². The molecule has 5 heteroatoms. The van der Waals surface area contributed by atoms with Crippen molar-refractivity contribution >= 4 is 17.5 Å². The summed E-state index contributed by atoms with van der Waals surface area (Å²) in [5.41, 5.74) is 1.39. The molecule has 1 amide bonds. The van der Waals surface area contributed by atoms with Gasteiger partial charge in [-0.3, -0.25) is 4.79 Å². The van der Waals surface area contributed by atoms with E-state index in [1.807, 2.05) is 38.2 Å². The molecule has 1 aromatic carbocycles. The minimum absolute atomic E-state index is 0.115. The van der Waals surface area contributed by atoms with Gasteiger partial charge in [0.25, 0.3) is 0 Å². The summed E-state index contributed by atoms with van der Waals surface area (Å²) in [6, 6.07) is 9.32. The molecule has 0 spiro atoms. The standard InChI is InChI=1S/C17H19ClN2O2/c1-12(15-8-11-22-19-15)20(2)16(21)17(9-3-10-17)13-4-6-14(18)7-5-13/h4-8,11-12H,3,9-10H2,1-2H3/t12-/m0/s1. The Morgan fingerprint density at radius 2 is 2.00 bits per heavy atom. The molecule has 0 aliphatic heterocycles. The third-order valence-corrected chi connectivity index (χ3v) is 5.05. The zero-order valence-corrected chi connectivity index (χ0v) is 13.5. The molecule has 0 unspecified atom stereocenters. The van der Waals surface area contributed by atoms with E-state index in [0.29, 0.717) is 5.02 Å². The van der Waals surface area contributed by atoms with Crippen molar-refractivity contribution in [3.8, 4) is 0 Å². The highest BCUT2D eigenvalue weighted by atomic mass is 35.5. The van der Waals surface area contributed by atoms with E-state index in [-0.39, 0.29) is 11.9 Å². The third-order valence-electron chi connectivity index (χ3n) is 4.80. The van der Waals surface area contributed by atoms with Crippen LogP contribution in [-0.4, -0.2) is 23.0 Å². The Morgan fingerprint density at radius 3 is 2.50 bits per heavy atom.